The van der Waals surface area contributed by atoms with E-state index in [0.717, 1.165) is 37.5 Å². The zero-order valence-corrected chi connectivity index (χ0v) is 39.4. The van der Waals surface area contributed by atoms with Gasteiger partial charge in [0.2, 0.25) is 59.1 Å². The number of phenols is 1. The molecule has 25 heteroatoms. The highest BCUT2D eigenvalue weighted by atomic mass is 16.4. The van der Waals surface area contributed by atoms with Gasteiger partial charge in [0, 0.05) is 31.8 Å². The number of carbonyl (C=O) groups is 11. The largest absolute Gasteiger partial charge is 0.508 e. The van der Waals surface area contributed by atoms with Gasteiger partial charge in [-0.1, -0.05) is 57.6 Å². The van der Waals surface area contributed by atoms with Crippen LogP contribution >= 0.6 is 0 Å². The van der Waals surface area contributed by atoms with Crippen molar-refractivity contribution in [3.8, 4) is 5.75 Å². The quantitative estimate of drug-likeness (QED) is 0.0634. The van der Waals surface area contributed by atoms with Gasteiger partial charge in [-0.25, -0.2) is 0 Å². The summed E-state index contributed by atoms with van der Waals surface area (Å²) in [6, 6.07) is -7.32. The van der Waals surface area contributed by atoms with Gasteiger partial charge in [0.15, 0.2) is 0 Å². The fraction of sp³-hybridized carbons (Fsp3) is 0.622. The number of phenolic OH excluding ortho intramolecular Hbond substituents is 1. The zero-order valence-electron chi connectivity index (χ0n) is 39.4. The fourth-order valence-electron chi connectivity index (χ4n) is 8.03. The van der Waals surface area contributed by atoms with Crippen LogP contribution in [0.1, 0.15) is 109 Å². The second-order valence-corrected chi connectivity index (χ2v) is 17.6. The van der Waals surface area contributed by atoms with Gasteiger partial charge in [0.25, 0.3) is 0 Å². The number of carboxylic acids is 1. The van der Waals surface area contributed by atoms with Gasteiger partial charge < -0.3 is 74.0 Å². The van der Waals surface area contributed by atoms with E-state index in [2.05, 4.69) is 37.2 Å². The smallest absolute Gasteiger partial charge is 0.303 e. The first kappa shape index (κ1) is 57.4. The van der Waals surface area contributed by atoms with Crippen molar-refractivity contribution < 1.29 is 73.2 Å². The standard InChI is InChI=1S/C45H68N10O15/c1-3-4-5-6-7-8-10-26-20-36(61)49-30(21-34(46)59)41(66)51-29(19-25-12-14-27(58)15-13-25)40(65)52-31(22-35(47)60)45(70)55-18-9-11-33(55)43(68)50-28(16-17-37(62)63)39(64)53-32(23-56)42(67)54-38(24(2)57)44(69)48-26/h12-15,24,26,28-33,38,56-58H,3-11,16-23H2,1-2H3,(H2,46,59)(H2,47,60)(H,48,69)(H,49,61)(H,50,68)(H,51,66)(H,52,65)(H,53,64)(H,54,67)(H,62,63)/t24-,26?,28+,29-,30+,31-,32-,33+,38+/m1/s1. The van der Waals surface area contributed by atoms with Gasteiger partial charge in [-0.05, 0) is 50.3 Å². The molecule has 1 aromatic carbocycles. The van der Waals surface area contributed by atoms with Crippen molar-refractivity contribution in [2.45, 2.75) is 165 Å². The molecule has 0 saturated carbocycles. The first-order valence-corrected chi connectivity index (χ1v) is 23.4. The Bertz CT molecular complexity index is 2040. The lowest BCUT2D eigenvalue weighted by Gasteiger charge is -2.30. The van der Waals surface area contributed by atoms with E-state index in [1.165, 1.54) is 24.3 Å². The molecule has 2 heterocycles. The molecule has 3 rings (SSSR count). The number of nitrogens with two attached hydrogens (primary N) is 2. The van der Waals surface area contributed by atoms with Crippen molar-refractivity contribution in [3.05, 3.63) is 29.8 Å². The van der Waals surface area contributed by atoms with E-state index in [1.54, 1.807) is 0 Å². The van der Waals surface area contributed by atoms with Gasteiger partial charge >= 0.3 is 5.97 Å². The second kappa shape index (κ2) is 28.6. The third kappa shape index (κ3) is 18.9. The SMILES string of the molecule is CCCCCCCCC1CC(=O)N[C@@H](CC(N)=O)C(=O)N[C@H](Cc2ccc(O)cc2)C(=O)N[C@H](CC(N)=O)C(=O)N2CCC[C@H]2C(=O)N[C@@H](CCC(=O)O)C(=O)N[C@H](CO)C(=O)N[C@@H]([C@@H](C)O)C(=O)N1. The molecule has 70 heavy (non-hydrogen) atoms. The van der Waals surface area contributed by atoms with Crippen molar-refractivity contribution in [3.63, 3.8) is 0 Å². The zero-order chi connectivity index (χ0) is 52.1. The van der Waals surface area contributed by atoms with E-state index in [4.69, 9.17) is 11.5 Å². The second-order valence-electron chi connectivity index (χ2n) is 17.6. The molecule has 0 bridgehead atoms. The first-order valence-electron chi connectivity index (χ1n) is 23.4. The van der Waals surface area contributed by atoms with Crippen LogP contribution in [0.15, 0.2) is 24.3 Å². The molecule has 0 aliphatic carbocycles. The monoisotopic (exact) mass is 988 g/mol. The number of primary amides is 2. The van der Waals surface area contributed by atoms with E-state index >= 15 is 0 Å². The molecule has 2 aliphatic heterocycles. The Labute approximate surface area is 404 Å². The number of carboxylic acid groups (broad SMARTS) is 1. The number of aliphatic hydroxyl groups is 2. The summed E-state index contributed by atoms with van der Waals surface area (Å²) in [5.74, 6) is -12.0. The Morgan fingerprint density at radius 3 is 1.86 bits per heavy atom. The maximum atomic E-state index is 14.2. The van der Waals surface area contributed by atoms with Gasteiger partial charge in [0.05, 0.1) is 25.6 Å². The van der Waals surface area contributed by atoms with Gasteiger partial charge in [-0.15, -0.1) is 0 Å². The van der Waals surface area contributed by atoms with E-state index in [-0.39, 0.29) is 38.0 Å². The average Bonchev–Trinajstić information content (AvgIpc) is 3.79. The topological polar surface area (TPSA) is 408 Å². The molecule has 1 aromatic rings. The predicted octanol–water partition coefficient (Wildman–Crippen LogP) is -3.54. The number of rotatable bonds is 18. The number of hydrogen-bond acceptors (Lipinski definition) is 14. The highest BCUT2D eigenvalue weighted by Crippen LogP contribution is 2.21. The van der Waals surface area contributed by atoms with Crippen LogP contribution in [-0.2, 0) is 59.2 Å². The highest BCUT2D eigenvalue weighted by Gasteiger charge is 2.41. The van der Waals surface area contributed by atoms with Crippen molar-refractivity contribution in [2.75, 3.05) is 13.2 Å². The Kier molecular flexibility index (Phi) is 23.4. The van der Waals surface area contributed by atoms with E-state index in [1.807, 2.05) is 6.92 Å². The molecule has 2 saturated heterocycles. The van der Waals surface area contributed by atoms with Crippen LogP contribution in [0.25, 0.3) is 0 Å². The van der Waals surface area contributed by atoms with Gasteiger partial charge in [-0.2, -0.15) is 0 Å². The summed E-state index contributed by atoms with van der Waals surface area (Å²) in [7, 11) is 0. The number of nitrogens with one attached hydrogen (secondary N) is 7. The van der Waals surface area contributed by atoms with Gasteiger partial charge in [0.1, 0.15) is 48.0 Å². The van der Waals surface area contributed by atoms with Crippen molar-refractivity contribution in [2.24, 2.45) is 11.5 Å². The molecule has 0 radical (unpaired) electrons. The van der Waals surface area contributed by atoms with Crippen LogP contribution in [0.5, 0.6) is 5.75 Å². The molecule has 0 aromatic heterocycles. The molecule has 10 amide bonds. The molecule has 388 valence electrons. The number of amides is 10. The Hall–Kier alpha value is -6.89. The Morgan fingerprint density at radius 2 is 1.24 bits per heavy atom. The minimum absolute atomic E-state index is 0.0150. The predicted molar refractivity (Wildman–Crippen MR) is 246 cm³/mol. The minimum atomic E-state index is -1.83. The van der Waals surface area contributed by atoms with Crippen LogP contribution < -0.4 is 48.7 Å². The summed E-state index contributed by atoms with van der Waals surface area (Å²) in [5, 5.41) is 57.1. The van der Waals surface area contributed by atoms with E-state index < -0.39 is 158 Å². The van der Waals surface area contributed by atoms with Crippen molar-refractivity contribution in [1.82, 2.24) is 42.1 Å². The number of unbranched alkanes of at least 4 members (excludes halogenated alkanes) is 5. The molecule has 2 aliphatic rings. The molecule has 1 unspecified atom stereocenters. The van der Waals surface area contributed by atoms with Crippen molar-refractivity contribution >= 4 is 65.0 Å². The normalized spacial score (nSPS) is 25.3. The maximum Gasteiger partial charge on any atom is 0.303 e. The van der Waals surface area contributed by atoms with Crippen LogP contribution in [0, 0.1) is 0 Å². The molecular formula is C45H68N10O15. The number of benzene rings is 1. The third-order valence-corrected chi connectivity index (χ3v) is 11.8. The molecule has 25 nitrogen and oxygen atoms in total. The lowest BCUT2D eigenvalue weighted by Crippen LogP contribution is -2.61. The first-order chi connectivity index (χ1) is 33.1. The van der Waals surface area contributed by atoms with Crippen LogP contribution in [0.4, 0.5) is 0 Å². The maximum absolute atomic E-state index is 14.2. The average molecular weight is 989 g/mol. The summed E-state index contributed by atoms with van der Waals surface area (Å²) in [6.45, 7) is 2.01. The summed E-state index contributed by atoms with van der Waals surface area (Å²) in [6.07, 6.45) is -0.0124. The highest BCUT2D eigenvalue weighted by molar-refractivity contribution is 6.00. The Balaban J connectivity index is 2.15. The number of nitrogens with zero attached hydrogens (tertiary/aromatic N) is 1. The minimum Gasteiger partial charge on any atom is -0.508 e. The lowest BCUT2D eigenvalue weighted by molar-refractivity contribution is -0.143. The summed E-state index contributed by atoms with van der Waals surface area (Å²) >= 11 is 0. The van der Waals surface area contributed by atoms with Crippen LogP contribution in [0.3, 0.4) is 0 Å². The van der Waals surface area contributed by atoms with E-state index in [9.17, 15) is 73.2 Å². The number of aromatic hydroxyl groups is 1. The molecule has 15 N–H and O–H groups in total. The summed E-state index contributed by atoms with van der Waals surface area (Å²) in [4.78, 5) is 149. The van der Waals surface area contributed by atoms with Crippen LogP contribution in [0.2, 0.25) is 0 Å². The number of fused-ring (bicyclic) bond motifs is 1. The molecular weight excluding hydrogens is 921 g/mol. The van der Waals surface area contributed by atoms with Gasteiger partial charge in [-0.3, -0.25) is 52.7 Å². The number of aliphatic hydroxyl groups excluding tert-OH is 2. The summed E-state index contributed by atoms with van der Waals surface area (Å²) in [5.41, 5.74) is 11.4. The Morgan fingerprint density at radius 1 is 0.686 bits per heavy atom. The van der Waals surface area contributed by atoms with Crippen LogP contribution in [-0.4, -0.2) is 158 Å². The molecule has 2 fully saturated rings. The fourth-order valence-corrected chi connectivity index (χ4v) is 8.03. The number of aliphatic carboxylic acids is 1. The summed E-state index contributed by atoms with van der Waals surface area (Å²) < 4.78 is 0. The number of hydrogen-bond donors (Lipinski definition) is 13. The number of carbonyl (C=O) groups excluding carboxylic acids is 10. The van der Waals surface area contributed by atoms with E-state index in [0.29, 0.717) is 18.4 Å². The lowest BCUT2D eigenvalue weighted by atomic mass is 10.0. The van der Waals surface area contributed by atoms with Crippen molar-refractivity contribution in [1.29, 1.82) is 0 Å². The molecule has 9 atom stereocenters. The molecule has 0 spiro atoms. The third-order valence-electron chi connectivity index (χ3n) is 11.8.